The van der Waals surface area contributed by atoms with Crippen molar-refractivity contribution in [3.63, 3.8) is 0 Å². The number of esters is 2. The molecule has 0 aliphatic rings. The van der Waals surface area contributed by atoms with Crippen LogP contribution in [-0.2, 0) is 32.7 Å². The van der Waals surface area contributed by atoms with Gasteiger partial charge in [-0.25, -0.2) is 4.57 Å². The molecule has 10 nitrogen and oxygen atoms in total. The van der Waals surface area contributed by atoms with Gasteiger partial charge in [0.05, 0.1) is 19.8 Å². The van der Waals surface area contributed by atoms with Crippen LogP contribution in [0.25, 0.3) is 0 Å². The molecular weight excluding hydrogens is 767 g/mol. The van der Waals surface area contributed by atoms with Gasteiger partial charge in [-0.15, -0.1) is 0 Å². The Balaban J connectivity index is 4.21. The summed E-state index contributed by atoms with van der Waals surface area (Å²) >= 11 is 0. The summed E-state index contributed by atoms with van der Waals surface area (Å²) in [6.45, 7) is 2.26. The van der Waals surface area contributed by atoms with E-state index in [0.717, 1.165) is 70.6 Å². The topological polar surface area (TPSA) is 149 Å². The smallest absolute Gasteiger partial charge is 0.462 e. The summed E-state index contributed by atoms with van der Waals surface area (Å²) in [5.41, 5.74) is 0. The number of hydrogen-bond donors (Lipinski definition) is 3. The van der Waals surface area contributed by atoms with Gasteiger partial charge in [-0.05, 0) is 70.6 Å². The van der Waals surface area contributed by atoms with Crippen LogP contribution < -0.4 is 0 Å². The molecule has 0 aromatic rings. The Kier molecular flexibility index (Phi) is 42.5. The summed E-state index contributed by atoms with van der Waals surface area (Å²) in [7, 11) is -4.62. The van der Waals surface area contributed by atoms with Crippen molar-refractivity contribution in [3.8, 4) is 0 Å². The maximum atomic E-state index is 12.6. The third-order valence-electron chi connectivity index (χ3n) is 9.97. The number of aliphatic hydroxyl groups excluding tert-OH is 2. The molecule has 0 saturated carbocycles. The molecule has 0 spiro atoms. The van der Waals surface area contributed by atoms with Crippen LogP contribution in [0.15, 0.2) is 48.6 Å². The van der Waals surface area contributed by atoms with Crippen molar-refractivity contribution in [2.24, 2.45) is 0 Å². The Labute approximate surface area is 360 Å². The number of phosphoric acid groups is 1. The Morgan fingerprint density at radius 1 is 0.525 bits per heavy atom. The molecule has 0 rings (SSSR count). The van der Waals surface area contributed by atoms with Crippen LogP contribution in [0.2, 0.25) is 0 Å². The lowest BCUT2D eigenvalue weighted by Gasteiger charge is -2.20. The van der Waals surface area contributed by atoms with E-state index in [-0.39, 0.29) is 19.4 Å². The average molecular weight is 855 g/mol. The van der Waals surface area contributed by atoms with Gasteiger partial charge >= 0.3 is 19.8 Å². The first-order valence-electron chi connectivity index (χ1n) is 23.6. The molecule has 0 aromatic carbocycles. The molecule has 0 bridgehead atoms. The highest BCUT2D eigenvalue weighted by molar-refractivity contribution is 7.47. The highest BCUT2D eigenvalue weighted by Gasteiger charge is 2.27. The zero-order chi connectivity index (χ0) is 43.3. The van der Waals surface area contributed by atoms with Crippen LogP contribution in [0, 0.1) is 0 Å². The molecule has 3 atom stereocenters. The third-order valence-corrected chi connectivity index (χ3v) is 10.9. The SMILES string of the molecule is CC/C=C/C/C=C/C/C=C/CCCCCCCC(=O)O[C@@H](COC(=O)CCCCCCCCCCCCC/C=C/CCCCCCCC)COP(=O)(O)OC[C@H](O)CO. The van der Waals surface area contributed by atoms with Crippen molar-refractivity contribution < 1.29 is 47.8 Å². The predicted octanol–water partition coefficient (Wildman–Crippen LogP) is 12.9. The largest absolute Gasteiger partial charge is 0.472 e. The quantitative estimate of drug-likeness (QED) is 0.0234. The molecule has 0 aliphatic carbocycles. The van der Waals surface area contributed by atoms with Crippen molar-refractivity contribution in [1.29, 1.82) is 0 Å². The average Bonchev–Trinajstić information content (AvgIpc) is 3.22. The van der Waals surface area contributed by atoms with Gasteiger partial charge in [-0.1, -0.05) is 172 Å². The number of carbonyl (C=O) groups is 2. The lowest BCUT2D eigenvalue weighted by Crippen LogP contribution is -2.29. The van der Waals surface area contributed by atoms with E-state index in [2.05, 4.69) is 62.5 Å². The molecule has 11 heteroatoms. The highest BCUT2D eigenvalue weighted by atomic mass is 31.2. The van der Waals surface area contributed by atoms with Gasteiger partial charge in [0.25, 0.3) is 0 Å². The third kappa shape index (κ3) is 43.8. The van der Waals surface area contributed by atoms with Crippen LogP contribution in [0.5, 0.6) is 0 Å². The molecule has 0 amide bonds. The molecule has 0 aliphatic heterocycles. The number of rotatable bonds is 44. The van der Waals surface area contributed by atoms with E-state index in [4.69, 9.17) is 23.6 Å². The first-order valence-corrected chi connectivity index (χ1v) is 25.1. The number of unbranched alkanes of at least 4 members (excludes halogenated alkanes) is 22. The van der Waals surface area contributed by atoms with E-state index < -0.39 is 51.8 Å². The fourth-order valence-corrected chi connectivity index (χ4v) is 7.15. The van der Waals surface area contributed by atoms with Crippen molar-refractivity contribution >= 4 is 19.8 Å². The van der Waals surface area contributed by atoms with Gasteiger partial charge in [-0.3, -0.25) is 18.6 Å². The Hall–Kier alpha value is -2.07. The number of carbonyl (C=O) groups excluding carboxylic acids is 2. The summed E-state index contributed by atoms with van der Waals surface area (Å²) in [6.07, 6.45) is 47.9. The lowest BCUT2D eigenvalue weighted by atomic mass is 10.0. The number of hydrogen-bond acceptors (Lipinski definition) is 9. The molecule has 59 heavy (non-hydrogen) atoms. The fourth-order valence-electron chi connectivity index (χ4n) is 6.36. The zero-order valence-electron chi connectivity index (χ0n) is 37.5. The van der Waals surface area contributed by atoms with Gasteiger partial charge in [0.15, 0.2) is 6.10 Å². The molecule has 344 valence electrons. The second-order valence-corrected chi connectivity index (χ2v) is 17.2. The number of aliphatic hydroxyl groups is 2. The van der Waals surface area contributed by atoms with Crippen molar-refractivity contribution in [1.82, 2.24) is 0 Å². The van der Waals surface area contributed by atoms with Crippen molar-refractivity contribution in [2.75, 3.05) is 26.4 Å². The summed E-state index contributed by atoms with van der Waals surface area (Å²) < 4.78 is 32.8. The minimum absolute atomic E-state index is 0.164. The van der Waals surface area contributed by atoms with E-state index >= 15 is 0 Å². The van der Waals surface area contributed by atoms with Gasteiger partial charge in [0.2, 0.25) is 0 Å². The van der Waals surface area contributed by atoms with E-state index in [1.54, 1.807) is 0 Å². The first-order chi connectivity index (χ1) is 28.7. The second-order valence-electron chi connectivity index (χ2n) is 15.7. The van der Waals surface area contributed by atoms with Crippen molar-refractivity contribution in [3.05, 3.63) is 48.6 Å². The van der Waals surface area contributed by atoms with Gasteiger partial charge < -0.3 is 24.6 Å². The number of phosphoric ester groups is 1. The maximum absolute atomic E-state index is 12.6. The predicted molar refractivity (Wildman–Crippen MR) is 242 cm³/mol. The first kappa shape index (κ1) is 56.9. The Morgan fingerprint density at radius 3 is 1.42 bits per heavy atom. The number of allylic oxidation sites excluding steroid dienone is 8. The van der Waals surface area contributed by atoms with Crippen LogP contribution >= 0.6 is 7.82 Å². The van der Waals surface area contributed by atoms with E-state index in [1.807, 2.05) is 0 Å². The Morgan fingerprint density at radius 2 is 0.932 bits per heavy atom. The van der Waals surface area contributed by atoms with Crippen LogP contribution in [0.4, 0.5) is 0 Å². The fraction of sp³-hybridized carbons (Fsp3) is 0.792. The second kappa shape index (κ2) is 44.0. The summed E-state index contributed by atoms with van der Waals surface area (Å²) in [5.74, 6) is -0.943. The van der Waals surface area contributed by atoms with E-state index in [1.165, 1.54) is 96.3 Å². The Bertz CT molecular complexity index is 1120. The standard InChI is InChI=1S/C48H87O10P/c1-3-5-7-9-11-13-15-17-19-20-21-22-23-24-26-27-29-31-33-35-37-39-47(51)55-43-46(44-57-59(53,54)56-42-45(50)41-49)58-48(52)40-38-36-34-32-30-28-25-18-16-14-12-10-8-6-4-2/h6,8,12,14,17-19,25,45-46,49-50H,3-5,7,9-11,13,15-16,20-24,26-44H2,1-2H3,(H,53,54)/b8-6+,14-12+,19-17+,25-18+/t45-,46+/m1/s1. The molecule has 0 fully saturated rings. The van der Waals surface area contributed by atoms with Gasteiger partial charge in [0.1, 0.15) is 12.7 Å². The van der Waals surface area contributed by atoms with E-state index in [9.17, 15) is 24.2 Å². The minimum atomic E-state index is -4.62. The minimum Gasteiger partial charge on any atom is -0.462 e. The van der Waals surface area contributed by atoms with Crippen LogP contribution in [0.1, 0.15) is 206 Å². The number of ether oxygens (including phenoxy) is 2. The van der Waals surface area contributed by atoms with Gasteiger partial charge in [0, 0.05) is 12.8 Å². The van der Waals surface area contributed by atoms with Crippen LogP contribution in [0.3, 0.4) is 0 Å². The van der Waals surface area contributed by atoms with Crippen molar-refractivity contribution in [2.45, 2.75) is 219 Å². The lowest BCUT2D eigenvalue weighted by molar-refractivity contribution is -0.161. The summed E-state index contributed by atoms with van der Waals surface area (Å²) in [6, 6.07) is 0. The summed E-state index contributed by atoms with van der Waals surface area (Å²) in [5, 5.41) is 18.4. The highest BCUT2D eigenvalue weighted by Crippen LogP contribution is 2.43. The molecule has 0 aromatic heterocycles. The maximum Gasteiger partial charge on any atom is 0.472 e. The zero-order valence-corrected chi connectivity index (χ0v) is 38.4. The molecule has 1 unspecified atom stereocenters. The van der Waals surface area contributed by atoms with Gasteiger partial charge in [-0.2, -0.15) is 0 Å². The molecule has 3 N–H and O–H groups in total. The molecule has 0 saturated heterocycles. The normalized spacial score (nSPS) is 14.2. The molecule has 0 radical (unpaired) electrons. The summed E-state index contributed by atoms with van der Waals surface area (Å²) in [4.78, 5) is 35.1. The molecule has 0 heterocycles. The monoisotopic (exact) mass is 855 g/mol. The van der Waals surface area contributed by atoms with Crippen LogP contribution in [-0.4, -0.2) is 65.7 Å². The van der Waals surface area contributed by atoms with E-state index in [0.29, 0.717) is 12.8 Å². The molecular formula is C48H87O10P.